The van der Waals surface area contributed by atoms with Crippen molar-refractivity contribution in [2.24, 2.45) is 0 Å². The lowest BCUT2D eigenvalue weighted by molar-refractivity contribution is -0.142. The van der Waals surface area contributed by atoms with Gasteiger partial charge in [0.15, 0.2) is 0 Å². The zero-order chi connectivity index (χ0) is 43.3. The molecule has 2 aliphatic heterocycles. The number of fused-ring (bicyclic) bond motifs is 18. The molecular formula is C46H46N6O8S. The van der Waals surface area contributed by atoms with Crippen LogP contribution in [0.4, 0.5) is 5.69 Å². The largest absolute Gasteiger partial charge is 0.480 e. The lowest BCUT2D eigenvalue weighted by Gasteiger charge is -2.27. The first kappa shape index (κ1) is 43.4. The number of rotatable bonds is 9. The normalized spacial score (nSPS) is 20.5. The zero-order valence-corrected chi connectivity index (χ0v) is 34.1. The van der Waals surface area contributed by atoms with E-state index in [1.165, 1.54) is 18.3 Å². The number of hydrogen-bond donors (Lipinski definition) is 7. The summed E-state index contributed by atoms with van der Waals surface area (Å²) in [5.41, 5.74) is 4.11. The van der Waals surface area contributed by atoms with Crippen molar-refractivity contribution in [2.75, 3.05) is 5.32 Å². The molecule has 0 aliphatic carbocycles. The number of nitrogens with one attached hydrogen (secondary N) is 6. The van der Waals surface area contributed by atoms with E-state index in [4.69, 9.17) is 0 Å². The Kier molecular flexibility index (Phi) is 14.8. The van der Waals surface area contributed by atoms with E-state index in [1.807, 2.05) is 60.0 Å². The van der Waals surface area contributed by atoms with Crippen LogP contribution in [0.2, 0.25) is 0 Å². The Balaban J connectivity index is 1.38. The minimum Gasteiger partial charge on any atom is -0.480 e. The summed E-state index contributed by atoms with van der Waals surface area (Å²) in [5, 5.41) is 28.1. The van der Waals surface area contributed by atoms with Gasteiger partial charge in [0.2, 0.25) is 35.4 Å². The van der Waals surface area contributed by atoms with Gasteiger partial charge in [-0.3, -0.25) is 28.8 Å². The maximum atomic E-state index is 14.5. The van der Waals surface area contributed by atoms with Crippen LogP contribution in [0.1, 0.15) is 34.9 Å². The Labute approximate surface area is 356 Å². The second kappa shape index (κ2) is 20.7. The molecule has 5 aromatic rings. The summed E-state index contributed by atoms with van der Waals surface area (Å²) in [4.78, 5) is 95.6. The van der Waals surface area contributed by atoms with Crippen LogP contribution in [0.3, 0.4) is 0 Å². The van der Waals surface area contributed by atoms with Crippen molar-refractivity contribution in [1.29, 1.82) is 0 Å². The van der Waals surface area contributed by atoms with Crippen molar-refractivity contribution in [3.63, 3.8) is 0 Å². The molecule has 0 fully saturated rings. The van der Waals surface area contributed by atoms with E-state index in [9.17, 15) is 38.7 Å². The van der Waals surface area contributed by atoms with Gasteiger partial charge in [0, 0.05) is 43.2 Å². The minimum atomic E-state index is -1.40. The second-order valence-corrected chi connectivity index (χ2v) is 15.8. The van der Waals surface area contributed by atoms with Gasteiger partial charge in [0.25, 0.3) is 0 Å². The molecule has 1 aromatic heterocycles. The predicted molar refractivity (Wildman–Crippen MR) is 230 cm³/mol. The lowest BCUT2D eigenvalue weighted by Crippen LogP contribution is -2.60. The van der Waals surface area contributed by atoms with E-state index >= 15 is 0 Å². The Morgan fingerprint density at radius 3 is 1.72 bits per heavy atom. The van der Waals surface area contributed by atoms with Gasteiger partial charge >= 0.3 is 5.97 Å². The fourth-order valence-electron chi connectivity index (χ4n) is 6.91. The van der Waals surface area contributed by atoms with Crippen LogP contribution >= 0.6 is 11.3 Å². The maximum Gasteiger partial charge on any atom is 0.326 e. The monoisotopic (exact) mass is 842 g/mol. The van der Waals surface area contributed by atoms with Crippen molar-refractivity contribution in [1.82, 2.24) is 26.6 Å². The van der Waals surface area contributed by atoms with Crippen LogP contribution in [-0.4, -0.2) is 76.7 Å². The van der Waals surface area contributed by atoms with E-state index in [0.29, 0.717) is 22.4 Å². The van der Waals surface area contributed by atoms with Gasteiger partial charge in [-0.2, -0.15) is 0 Å². The molecule has 0 saturated heterocycles. The topological polar surface area (TPSA) is 212 Å². The highest BCUT2D eigenvalue weighted by Crippen LogP contribution is 2.21. The highest BCUT2D eigenvalue weighted by Gasteiger charge is 2.34. The Bertz CT molecular complexity index is 2320. The minimum absolute atomic E-state index is 0.00676. The van der Waals surface area contributed by atoms with Crippen LogP contribution in [-0.2, 0) is 59.2 Å². The average Bonchev–Trinajstić information content (AvgIpc) is 3.76. The van der Waals surface area contributed by atoms with Crippen LogP contribution in [0.5, 0.6) is 0 Å². The lowest BCUT2D eigenvalue weighted by atomic mass is 9.99. The number of carbonyl (C=O) groups is 7. The smallest absolute Gasteiger partial charge is 0.326 e. The summed E-state index contributed by atoms with van der Waals surface area (Å²) in [6.07, 6.45) is -0.645. The number of carboxylic acids is 1. The van der Waals surface area contributed by atoms with Gasteiger partial charge in [-0.25, -0.2) is 4.79 Å². The molecule has 5 atom stereocenters. The van der Waals surface area contributed by atoms with Crippen molar-refractivity contribution >= 4 is 58.4 Å². The van der Waals surface area contributed by atoms with Crippen LogP contribution in [0.25, 0.3) is 11.1 Å². The molecule has 5 unspecified atom stereocenters. The Hall–Kier alpha value is -7.13. The molecule has 2 bridgehead atoms. The van der Waals surface area contributed by atoms with Crippen LogP contribution < -0.4 is 31.9 Å². The van der Waals surface area contributed by atoms with Crippen molar-refractivity contribution in [3.05, 3.63) is 148 Å². The van der Waals surface area contributed by atoms with Crippen LogP contribution in [0.15, 0.2) is 127 Å². The number of hydrogen-bond acceptors (Lipinski definition) is 8. The molecule has 15 heteroatoms. The molecule has 4 aromatic carbocycles. The van der Waals surface area contributed by atoms with Gasteiger partial charge in [-0.15, -0.1) is 11.3 Å². The first-order chi connectivity index (χ1) is 29.4. The fourth-order valence-corrected chi connectivity index (χ4v) is 7.66. The summed E-state index contributed by atoms with van der Waals surface area (Å²) in [6, 6.07) is 29.2. The second-order valence-electron chi connectivity index (χ2n) is 14.7. The molecule has 0 spiro atoms. The summed E-state index contributed by atoms with van der Waals surface area (Å²) in [6.45, 7) is 1.20. The third-order valence-corrected chi connectivity index (χ3v) is 10.9. The molecule has 0 saturated carbocycles. The van der Waals surface area contributed by atoms with Gasteiger partial charge in [0.1, 0.15) is 30.2 Å². The van der Waals surface area contributed by atoms with Gasteiger partial charge in [0.05, 0.1) is 6.42 Å². The molecule has 7 N–H and O–H groups in total. The number of benzene rings is 4. The summed E-state index contributed by atoms with van der Waals surface area (Å²) < 4.78 is 0. The summed E-state index contributed by atoms with van der Waals surface area (Å²) >= 11 is 1.35. The highest BCUT2D eigenvalue weighted by molar-refractivity contribution is 7.09. The standard InChI is InChI=1S/C46H46N6O8S/c1-28(53)47-39-27-41(54)48-34-20-16-31(17-21-34)25-40(46(59)60)52-43(56)36(23-29-9-4-2-5-10-29)49-42(55)37(24-30-14-18-33(19-15-30)32-11-6-3-7-12-32)50-44(57)38(51-45(39)58)26-35-13-8-22-61-35/h2-22,36-40H,23-27H2,1H3,(H,47,53)(H,48,54)(H,49,55)(H,50,57)(H,51,58)(H,52,56)(H,59,60). The molecular weight excluding hydrogens is 797 g/mol. The molecule has 2 aliphatic rings. The predicted octanol–water partition coefficient (Wildman–Crippen LogP) is 3.56. The SMILES string of the molecule is CC(=O)NC1CC(=O)Nc2ccc(cc2)CC(C(=O)O)NC(=O)C(Cc2ccccc2)NC(=O)C(Cc2ccc(-c3ccccc3)cc2)NC(=O)C(Cc2cccs2)NC1=O. The van der Waals surface area contributed by atoms with Gasteiger partial charge < -0.3 is 37.0 Å². The number of amides is 6. The highest BCUT2D eigenvalue weighted by atomic mass is 32.1. The number of anilines is 1. The average molecular weight is 843 g/mol. The van der Waals surface area contributed by atoms with Crippen molar-refractivity contribution in [2.45, 2.75) is 69.2 Å². The van der Waals surface area contributed by atoms with E-state index in [1.54, 1.807) is 66.7 Å². The molecule has 6 amide bonds. The quantitative estimate of drug-likeness (QED) is 0.109. The Morgan fingerprint density at radius 2 is 1.15 bits per heavy atom. The number of aliphatic carboxylic acids is 1. The third-order valence-electron chi connectivity index (χ3n) is 10.0. The molecule has 314 valence electrons. The maximum absolute atomic E-state index is 14.5. The molecule has 0 radical (unpaired) electrons. The van der Waals surface area contributed by atoms with Gasteiger partial charge in [-0.1, -0.05) is 103 Å². The van der Waals surface area contributed by atoms with E-state index in [-0.39, 0.29) is 25.7 Å². The summed E-state index contributed by atoms with van der Waals surface area (Å²) in [7, 11) is 0. The number of carboxylic acid groups (broad SMARTS) is 1. The van der Waals surface area contributed by atoms with E-state index in [2.05, 4.69) is 31.9 Å². The van der Waals surface area contributed by atoms with E-state index in [0.717, 1.165) is 16.0 Å². The molecule has 7 rings (SSSR count). The number of thiophene rings is 1. The molecule has 14 nitrogen and oxygen atoms in total. The van der Waals surface area contributed by atoms with E-state index < -0.39 is 78.0 Å². The summed E-state index contributed by atoms with van der Waals surface area (Å²) in [5.74, 6) is -5.56. The Morgan fingerprint density at radius 1 is 0.607 bits per heavy atom. The third kappa shape index (κ3) is 12.7. The van der Waals surface area contributed by atoms with Crippen molar-refractivity contribution in [3.8, 4) is 11.1 Å². The van der Waals surface area contributed by atoms with Crippen molar-refractivity contribution < 1.29 is 38.7 Å². The molecule has 3 heterocycles. The zero-order valence-electron chi connectivity index (χ0n) is 33.3. The van der Waals surface area contributed by atoms with Gasteiger partial charge in [-0.05, 0) is 51.4 Å². The fraction of sp³-hybridized carbons (Fsp3) is 0.239. The first-order valence-corrected chi connectivity index (χ1v) is 20.6. The first-order valence-electron chi connectivity index (χ1n) is 19.7. The van der Waals surface area contributed by atoms with Crippen LogP contribution in [0, 0.1) is 0 Å². The molecule has 61 heavy (non-hydrogen) atoms. The number of carbonyl (C=O) groups excluding carboxylic acids is 6.